The first-order chi connectivity index (χ1) is 4.76. The van der Waals surface area contributed by atoms with Crippen LogP contribution in [0.25, 0.3) is 0 Å². The molecule has 3 heteroatoms. The van der Waals surface area contributed by atoms with Gasteiger partial charge in [0.15, 0.2) is 0 Å². The summed E-state index contributed by atoms with van der Waals surface area (Å²) in [5.41, 5.74) is 0. The molecule has 0 rings (SSSR count). The third-order valence-corrected chi connectivity index (χ3v) is 2.73. The van der Waals surface area contributed by atoms with Crippen LogP contribution in [-0.4, -0.2) is 12.5 Å². The summed E-state index contributed by atoms with van der Waals surface area (Å²) >= 11 is 4.95. The van der Waals surface area contributed by atoms with Crippen molar-refractivity contribution in [3.8, 4) is 0 Å². The number of nitrogens with zero attached hydrogens (tertiary/aromatic N) is 1. The molecule has 0 atom stereocenters. The Bertz CT molecular complexity index is 163. The molecule has 0 bridgehead atoms. The van der Waals surface area contributed by atoms with Gasteiger partial charge in [-0.3, -0.25) is 4.99 Å². The van der Waals surface area contributed by atoms with Crippen molar-refractivity contribution in [2.24, 2.45) is 4.99 Å². The van der Waals surface area contributed by atoms with Gasteiger partial charge in [0.1, 0.15) is 4.61 Å². The summed E-state index contributed by atoms with van der Waals surface area (Å²) in [7, 11) is 0. The van der Waals surface area contributed by atoms with E-state index in [9.17, 15) is 0 Å². The second-order valence-corrected chi connectivity index (χ2v) is 3.51. The maximum absolute atomic E-state index is 3.73. The Morgan fingerprint density at radius 2 is 2.40 bits per heavy atom. The molecule has 0 fully saturated rings. The Morgan fingerprint density at radius 3 is 2.70 bits per heavy atom. The topological polar surface area (TPSA) is 12.4 Å². The Morgan fingerprint density at radius 1 is 1.80 bits per heavy atom. The molecule has 0 N–H and O–H groups in total. The molecule has 0 aliphatic heterocycles. The first kappa shape index (κ1) is 9.98. The maximum Gasteiger partial charge on any atom is 0.118 e. The molecule has 0 saturated carbocycles. The van der Waals surface area contributed by atoms with Crippen molar-refractivity contribution in [2.75, 3.05) is 5.75 Å². The van der Waals surface area contributed by atoms with Crippen LogP contribution in [0, 0.1) is 0 Å². The van der Waals surface area contributed by atoms with E-state index in [4.69, 9.17) is 0 Å². The minimum atomic E-state index is 0.773. The van der Waals surface area contributed by atoms with Gasteiger partial charge in [0.2, 0.25) is 0 Å². The Labute approximate surface area is 74.4 Å². The predicted octanol–water partition coefficient (Wildman–Crippen LogP) is 3.19. The number of hydrogen-bond acceptors (Lipinski definition) is 2. The Kier molecular flexibility index (Phi) is 5.73. The smallest absolute Gasteiger partial charge is 0.118 e. The van der Waals surface area contributed by atoms with Crippen LogP contribution in [0.4, 0.5) is 0 Å². The van der Waals surface area contributed by atoms with E-state index in [-0.39, 0.29) is 0 Å². The van der Waals surface area contributed by atoms with Crippen molar-refractivity contribution >= 4 is 34.4 Å². The maximum atomic E-state index is 3.73. The van der Waals surface area contributed by atoms with Gasteiger partial charge in [-0.15, -0.1) is 11.8 Å². The molecule has 10 heavy (non-hydrogen) atoms. The van der Waals surface area contributed by atoms with E-state index < -0.39 is 0 Å². The molecule has 0 aromatic carbocycles. The number of aliphatic imine (C=N–C) groups is 1. The van der Waals surface area contributed by atoms with Crippen molar-refractivity contribution in [2.45, 2.75) is 6.92 Å². The van der Waals surface area contributed by atoms with Gasteiger partial charge in [0, 0.05) is 4.91 Å². The predicted molar refractivity (Wildman–Crippen MR) is 53.8 cm³/mol. The summed E-state index contributed by atoms with van der Waals surface area (Å²) in [5, 5.41) is 0. The zero-order chi connectivity index (χ0) is 7.98. The Balaban J connectivity index is 4.28. The minimum absolute atomic E-state index is 0.773. The molecule has 0 amide bonds. The minimum Gasteiger partial charge on any atom is -0.256 e. The first-order valence-electron chi connectivity index (χ1n) is 2.88. The molecule has 56 valence electrons. The largest absolute Gasteiger partial charge is 0.256 e. The van der Waals surface area contributed by atoms with Crippen molar-refractivity contribution in [3.63, 3.8) is 0 Å². The normalized spacial score (nSPS) is 12.2. The fraction of sp³-hybridized carbons (Fsp3) is 0.286. The summed E-state index contributed by atoms with van der Waals surface area (Å²) in [6.07, 6.45) is 1.77. The molecule has 0 aromatic rings. The van der Waals surface area contributed by atoms with Gasteiger partial charge in [-0.05, 0) is 28.4 Å². The third-order valence-electron chi connectivity index (χ3n) is 0.827. The number of hydrogen-bond donors (Lipinski definition) is 0. The van der Waals surface area contributed by atoms with E-state index in [1.807, 2.05) is 0 Å². The highest BCUT2D eigenvalue weighted by Gasteiger charge is 1.95. The van der Waals surface area contributed by atoms with Crippen LogP contribution in [0.3, 0.4) is 0 Å². The summed E-state index contributed by atoms with van der Waals surface area (Å²) in [4.78, 5) is 4.77. The van der Waals surface area contributed by atoms with Crippen LogP contribution >= 0.6 is 27.7 Å². The van der Waals surface area contributed by atoms with Crippen LogP contribution in [0.2, 0.25) is 0 Å². The van der Waals surface area contributed by atoms with Gasteiger partial charge in [-0.2, -0.15) is 0 Å². The van der Waals surface area contributed by atoms with Gasteiger partial charge in [0.05, 0.1) is 0 Å². The monoisotopic (exact) mass is 219 g/mol. The molecule has 0 saturated heterocycles. The second-order valence-electron chi connectivity index (χ2n) is 1.45. The number of thioether (sulfide) groups is 1. The fourth-order valence-electron chi connectivity index (χ4n) is 0.436. The number of allylic oxidation sites excluding steroid dienone is 1. The molecule has 0 heterocycles. The highest BCUT2D eigenvalue weighted by molar-refractivity contribution is 9.11. The van der Waals surface area contributed by atoms with Crippen molar-refractivity contribution in [3.05, 3.63) is 22.2 Å². The summed E-state index contributed by atoms with van der Waals surface area (Å²) < 4.78 is 0.773. The van der Waals surface area contributed by atoms with Gasteiger partial charge < -0.3 is 0 Å². The average Bonchev–Trinajstić information content (AvgIpc) is 1.99. The summed E-state index contributed by atoms with van der Waals surface area (Å²) in [6, 6.07) is 0. The lowest BCUT2D eigenvalue weighted by Gasteiger charge is -1.98. The van der Waals surface area contributed by atoms with Crippen LogP contribution in [0.5, 0.6) is 0 Å². The number of rotatable bonds is 4. The van der Waals surface area contributed by atoms with Crippen LogP contribution < -0.4 is 0 Å². The third kappa shape index (κ3) is 3.22. The van der Waals surface area contributed by atoms with E-state index in [1.165, 1.54) is 0 Å². The zero-order valence-electron chi connectivity index (χ0n) is 5.93. The van der Waals surface area contributed by atoms with E-state index in [1.54, 1.807) is 17.8 Å². The SMILES string of the molecule is C=C/C(SCC)=C(/Br)N=C. The molecule has 0 aromatic heterocycles. The molecule has 0 aliphatic carbocycles. The summed E-state index contributed by atoms with van der Waals surface area (Å²) in [6.45, 7) is 9.13. The van der Waals surface area contributed by atoms with Crippen molar-refractivity contribution < 1.29 is 0 Å². The van der Waals surface area contributed by atoms with Crippen molar-refractivity contribution in [1.82, 2.24) is 0 Å². The van der Waals surface area contributed by atoms with Crippen molar-refractivity contribution in [1.29, 1.82) is 0 Å². The fourth-order valence-corrected chi connectivity index (χ4v) is 1.55. The van der Waals surface area contributed by atoms with Crippen LogP contribution in [-0.2, 0) is 0 Å². The molecule has 0 radical (unpaired) electrons. The van der Waals surface area contributed by atoms with E-state index in [0.29, 0.717) is 0 Å². The highest BCUT2D eigenvalue weighted by atomic mass is 79.9. The summed E-state index contributed by atoms with van der Waals surface area (Å²) in [5.74, 6) is 1.02. The zero-order valence-corrected chi connectivity index (χ0v) is 8.33. The molecular weight excluding hydrogens is 210 g/mol. The molecule has 0 aliphatic rings. The van der Waals surface area contributed by atoms with Gasteiger partial charge in [-0.1, -0.05) is 19.6 Å². The van der Waals surface area contributed by atoms with Gasteiger partial charge >= 0.3 is 0 Å². The molecular formula is C7H10BrNS. The molecule has 0 spiro atoms. The van der Waals surface area contributed by atoms with Gasteiger partial charge in [-0.25, -0.2) is 0 Å². The van der Waals surface area contributed by atoms with E-state index in [0.717, 1.165) is 15.3 Å². The second kappa shape index (κ2) is 5.74. The lowest BCUT2D eigenvalue weighted by molar-refractivity contribution is 1.51. The molecule has 1 nitrogen and oxygen atoms in total. The Hall–Kier alpha value is -0.0200. The van der Waals surface area contributed by atoms with Gasteiger partial charge in [0.25, 0.3) is 0 Å². The average molecular weight is 220 g/mol. The number of halogens is 1. The van der Waals surface area contributed by atoms with Crippen LogP contribution in [0.1, 0.15) is 6.92 Å². The highest BCUT2D eigenvalue weighted by Crippen LogP contribution is 2.24. The quantitative estimate of drug-likeness (QED) is 0.402. The van der Waals surface area contributed by atoms with E-state index >= 15 is 0 Å². The lowest BCUT2D eigenvalue weighted by Crippen LogP contribution is -1.74. The van der Waals surface area contributed by atoms with Crippen LogP contribution in [0.15, 0.2) is 27.2 Å². The van der Waals surface area contributed by atoms with E-state index in [2.05, 4.69) is 41.1 Å². The standard InChI is InChI=1S/C7H10BrNS/c1-4-6(10-5-2)7(8)9-3/h4H,1,3,5H2,2H3/b7-6+. The first-order valence-corrected chi connectivity index (χ1v) is 4.65. The lowest BCUT2D eigenvalue weighted by atomic mass is 10.6. The molecule has 0 unspecified atom stereocenters.